The number of likely N-dealkylation sites (tertiary alicyclic amines) is 2. The standard InChI is InChI=1S/C38H38BrFN6O4/c1-49-35-23(17-45-19-37(20-45)13-10-25(47)16-37)6-8-29(42-35)28-5-3-4-26(32(28)39)27-12-15-41-34(33(27)40)30-9-7-24(36(43-30)50-2)18-46-21-38(22-46)14-11-31(48)44-38/h3-9,12,15H,10-11,13-14,16-22H2,1-2H3,(H,44,48). The Morgan fingerprint density at radius 3 is 2.12 bits per heavy atom. The molecule has 6 heterocycles. The molecule has 1 amide bonds. The van der Waals surface area contributed by atoms with Crippen molar-refractivity contribution in [2.24, 2.45) is 5.41 Å². The molecule has 258 valence electrons. The second kappa shape index (κ2) is 12.8. The number of amides is 1. The fourth-order valence-corrected chi connectivity index (χ4v) is 8.96. The van der Waals surface area contributed by atoms with Gasteiger partial charge in [-0.15, -0.1) is 0 Å². The number of ketones is 1. The zero-order valence-corrected chi connectivity index (χ0v) is 29.7. The minimum atomic E-state index is -0.494. The number of rotatable bonds is 9. The largest absolute Gasteiger partial charge is 0.481 e. The molecule has 8 rings (SSSR count). The number of nitrogens with zero attached hydrogens (tertiary/aromatic N) is 5. The Morgan fingerprint density at radius 2 is 1.48 bits per heavy atom. The summed E-state index contributed by atoms with van der Waals surface area (Å²) in [6.07, 6.45) is 5.41. The molecule has 0 radical (unpaired) electrons. The first-order valence-corrected chi connectivity index (χ1v) is 17.8. The molecule has 4 fully saturated rings. The molecular weight excluding hydrogens is 703 g/mol. The molecule has 0 unspecified atom stereocenters. The summed E-state index contributed by atoms with van der Waals surface area (Å²) < 4.78 is 28.4. The Labute approximate surface area is 298 Å². The monoisotopic (exact) mass is 740 g/mol. The second-order valence-corrected chi connectivity index (χ2v) is 15.0. The number of ether oxygens (including phenoxy) is 2. The minimum Gasteiger partial charge on any atom is -0.481 e. The van der Waals surface area contributed by atoms with Crippen LogP contribution in [0.15, 0.2) is 59.2 Å². The molecule has 1 aromatic carbocycles. The van der Waals surface area contributed by atoms with Crippen molar-refractivity contribution < 1.29 is 23.5 Å². The number of carbonyl (C=O) groups is 2. The highest BCUT2D eigenvalue weighted by atomic mass is 79.9. The number of Topliss-reactive ketones (excluding diaryl/α,β-unsaturated/α-hetero) is 1. The van der Waals surface area contributed by atoms with E-state index in [1.54, 1.807) is 32.5 Å². The third-order valence-corrected chi connectivity index (χ3v) is 11.5. The van der Waals surface area contributed by atoms with Gasteiger partial charge >= 0.3 is 0 Å². The maximum atomic E-state index is 16.4. The van der Waals surface area contributed by atoms with Gasteiger partial charge in [0.15, 0.2) is 5.82 Å². The van der Waals surface area contributed by atoms with Gasteiger partial charge in [-0.25, -0.2) is 14.4 Å². The number of carbonyl (C=O) groups excluding carboxylic acids is 2. The van der Waals surface area contributed by atoms with Gasteiger partial charge in [0.05, 0.1) is 31.1 Å². The molecule has 3 aromatic heterocycles. The van der Waals surface area contributed by atoms with Crippen LogP contribution in [-0.2, 0) is 22.7 Å². The highest BCUT2D eigenvalue weighted by Gasteiger charge is 2.48. The van der Waals surface area contributed by atoms with Gasteiger partial charge in [-0.3, -0.25) is 24.4 Å². The highest BCUT2D eigenvalue weighted by Crippen LogP contribution is 2.45. The fraction of sp³-hybridized carbons (Fsp3) is 0.395. The van der Waals surface area contributed by atoms with Gasteiger partial charge in [-0.2, -0.15) is 0 Å². The Bertz CT molecular complexity index is 1870. The predicted molar refractivity (Wildman–Crippen MR) is 189 cm³/mol. The molecule has 3 aliphatic heterocycles. The Hall–Kier alpha value is -4.26. The van der Waals surface area contributed by atoms with E-state index in [9.17, 15) is 9.59 Å². The van der Waals surface area contributed by atoms with Crippen LogP contribution in [0, 0.1) is 11.2 Å². The molecule has 4 aromatic rings. The first-order valence-electron chi connectivity index (χ1n) is 17.0. The van der Waals surface area contributed by atoms with Crippen molar-refractivity contribution in [3.63, 3.8) is 0 Å². The predicted octanol–water partition coefficient (Wildman–Crippen LogP) is 5.81. The van der Waals surface area contributed by atoms with Crippen LogP contribution in [0.4, 0.5) is 4.39 Å². The summed E-state index contributed by atoms with van der Waals surface area (Å²) in [5, 5.41) is 3.11. The zero-order valence-electron chi connectivity index (χ0n) is 28.1. The normalized spacial score (nSPS) is 19.4. The molecule has 1 saturated carbocycles. The van der Waals surface area contributed by atoms with Crippen molar-refractivity contribution in [2.75, 3.05) is 40.4 Å². The molecule has 12 heteroatoms. The van der Waals surface area contributed by atoms with E-state index >= 15 is 4.39 Å². The van der Waals surface area contributed by atoms with Crippen molar-refractivity contribution >= 4 is 27.6 Å². The summed E-state index contributed by atoms with van der Waals surface area (Å²) in [6, 6.07) is 15.0. The molecule has 4 aliphatic rings. The maximum absolute atomic E-state index is 16.4. The molecule has 2 spiro atoms. The maximum Gasteiger partial charge on any atom is 0.220 e. The molecule has 0 bridgehead atoms. The highest BCUT2D eigenvalue weighted by molar-refractivity contribution is 9.10. The van der Waals surface area contributed by atoms with E-state index in [-0.39, 0.29) is 22.6 Å². The van der Waals surface area contributed by atoms with Crippen LogP contribution >= 0.6 is 15.9 Å². The zero-order chi connectivity index (χ0) is 34.6. The number of hydrogen-bond donors (Lipinski definition) is 1. The Balaban J connectivity index is 1.01. The van der Waals surface area contributed by atoms with E-state index < -0.39 is 5.82 Å². The number of nitrogens with one attached hydrogen (secondary N) is 1. The topological polar surface area (TPSA) is 110 Å². The van der Waals surface area contributed by atoms with Gasteiger partial charge in [-0.05, 0) is 52.5 Å². The lowest BCUT2D eigenvalue weighted by Crippen LogP contribution is -2.66. The van der Waals surface area contributed by atoms with Crippen molar-refractivity contribution in [3.8, 4) is 45.5 Å². The van der Waals surface area contributed by atoms with Crippen molar-refractivity contribution in [1.29, 1.82) is 0 Å². The summed E-state index contributed by atoms with van der Waals surface area (Å²) in [5.41, 5.74) is 4.93. The van der Waals surface area contributed by atoms with Gasteiger partial charge in [0.2, 0.25) is 17.7 Å². The molecule has 1 N–H and O–H groups in total. The van der Waals surface area contributed by atoms with Gasteiger partial charge < -0.3 is 14.8 Å². The van der Waals surface area contributed by atoms with Gasteiger partial charge in [0.1, 0.15) is 11.5 Å². The second-order valence-electron chi connectivity index (χ2n) is 14.3. The van der Waals surface area contributed by atoms with Crippen molar-refractivity contribution in [3.05, 3.63) is 76.1 Å². The van der Waals surface area contributed by atoms with Gasteiger partial charge in [0.25, 0.3) is 0 Å². The van der Waals surface area contributed by atoms with E-state index in [4.69, 9.17) is 14.5 Å². The molecular formula is C38H38BrFN6O4. The van der Waals surface area contributed by atoms with Crippen LogP contribution in [0.2, 0.25) is 0 Å². The molecule has 3 saturated heterocycles. The van der Waals surface area contributed by atoms with Crippen LogP contribution in [0.1, 0.15) is 43.2 Å². The Kier molecular flexibility index (Phi) is 8.43. The summed E-state index contributed by atoms with van der Waals surface area (Å²) in [7, 11) is 3.18. The van der Waals surface area contributed by atoms with Gasteiger partial charge in [-0.1, -0.05) is 30.3 Å². The minimum absolute atomic E-state index is 0.112. The van der Waals surface area contributed by atoms with Crippen LogP contribution in [0.3, 0.4) is 0 Å². The van der Waals surface area contributed by atoms with Crippen LogP contribution in [0.25, 0.3) is 33.8 Å². The lowest BCUT2D eigenvalue weighted by Gasteiger charge is -2.48. The number of methoxy groups -OCH3 is 2. The van der Waals surface area contributed by atoms with Crippen LogP contribution in [-0.4, -0.2) is 82.4 Å². The van der Waals surface area contributed by atoms with Crippen molar-refractivity contribution in [2.45, 2.75) is 50.7 Å². The van der Waals surface area contributed by atoms with Crippen molar-refractivity contribution in [1.82, 2.24) is 30.1 Å². The fourth-order valence-electron chi connectivity index (χ4n) is 8.28. The number of aromatic nitrogens is 3. The number of benzene rings is 1. The summed E-state index contributed by atoms with van der Waals surface area (Å²) >= 11 is 3.76. The van der Waals surface area contributed by atoms with E-state index in [0.717, 1.165) is 55.7 Å². The number of hydrogen-bond acceptors (Lipinski definition) is 9. The summed E-state index contributed by atoms with van der Waals surface area (Å²) in [4.78, 5) is 42.1. The lowest BCUT2D eigenvalue weighted by atomic mass is 9.78. The van der Waals surface area contributed by atoms with Crippen LogP contribution in [0.5, 0.6) is 11.8 Å². The Morgan fingerprint density at radius 1 is 0.820 bits per heavy atom. The van der Waals surface area contributed by atoms with E-state index in [2.05, 4.69) is 41.0 Å². The number of halogens is 2. The lowest BCUT2D eigenvalue weighted by molar-refractivity contribution is -0.121. The van der Waals surface area contributed by atoms with E-state index in [1.807, 2.05) is 36.4 Å². The van der Waals surface area contributed by atoms with Gasteiger partial charge in [0, 0.05) is 96.9 Å². The summed E-state index contributed by atoms with van der Waals surface area (Å²) in [6.45, 7) is 4.73. The van der Waals surface area contributed by atoms with E-state index in [1.165, 1.54) is 0 Å². The number of pyridine rings is 3. The molecule has 0 atom stereocenters. The van der Waals surface area contributed by atoms with Crippen LogP contribution < -0.4 is 14.8 Å². The average Bonchev–Trinajstić information content (AvgIpc) is 3.68. The smallest absolute Gasteiger partial charge is 0.220 e. The summed E-state index contributed by atoms with van der Waals surface area (Å²) in [5.74, 6) is 0.962. The first kappa shape index (κ1) is 32.9. The molecule has 1 aliphatic carbocycles. The first-order chi connectivity index (χ1) is 24.2. The molecule has 10 nitrogen and oxygen atoms in total. The average molecular weight is 742 g/mol. The third kappa shape index (κ3) is 5.96. The SMILES string of the molecule is COc1nc(-c2cccc(-c3ccnc(-c4ccc(CN5CC6(CCC(=O)N6)C5)c(OC)n4)c3F)c2Br)ccc1CN1CC2(CCC(=O)C2)C1. The third-order valence-electron chi connectivity index (χ3n) is 10.7. The molecule has 50 heavy (non-hydrogen) atoms. The van der Waals surface area contributed by atoms with E-state index in [0.29, 0.717) is 76.9 Å². The quantitative estimate of drug-likeness (QED) is 0.227.